The molecule has 0 spiro atoms. The van der Waals surface area contributed by atoms with E-state index in [1.54, 1.807) is 12.1 Å². The number of benzene rings is 2. The fourth-order valence-corrected chi connectivity index (χ4v) is 3.38. The highest BCUT2D eigenvalue weighted by Crippen LogP contribution is 2.28. The fraction of sp³-hybridized carbons (Fsp3) is 0.235. The first-order chi connectivity index (χ1) is 12.1. The summed E-state index contributed by atoms with van der Waals surface area (Å²) in [5.41, 5.74) is 0.580. The molecule has 0 bridgehead atoms. The highest BCUT2D eigenvalue weighted by atomic mass is 35.5. The van der Waals surface area contributed by atoms with Gasteiger partial charge >= 0.3 is 0 Å². The maximum Gasteiger partial charge on any atom is 0.271 e. The molecule has 25 heavy (non-hydrogen) atoms. The normalized spacial score (nSPS) is 15.2. The Morgan fingerprint density at radius 2 is 1.92 bits per heavy atom. The van der Waals surface area contributed by atoms with Crippen LogP contribution in [0.15, 0.2) is 58.4 Å². The van der Waals surface area contributed by atoms with E-state index < -0.39 is 4.92 Å². The van der Waals surface area contributed by atoms with Crippen molar-refractivity contribution in [2.45, 2.75) is 4.90 Å². The largest absolute Gasteiger partial charge is 0.378 e. The summed E-state index contributed by atoms with van der Waals surface area (Å²) in [4.78, 5) is 18.3. The summed E-state index contributed by atoms with van der Waals surface area (Å²) in [7, 11) is 0. The molecule has 8 heteroatoms. The van der Waals surface area contributed by atoms with Crippen molar-refractivity contribution in [3.05, 3.63) is 63.7 Å². The van der Waals surface area contributed by atoms with Crippen molar-refractivity contribution in [1.82, 2.24) is 4.90 Å². The number of hydrogen-bond donors (Lipinski definition) is 0. The van der Waals surface area contributed by atoms with E-state index in [1.165, 1.54) is 23.9 Å². The maximum absolute atomic E-state index is 11.0. The molecule has 1 heterocycles. The van der Waals surface area contributed by atoms with E-state index in [0.29, 0.717) is 23.9 Å². The van der Waals surface area contributed by atoms with E-state index in [9.17, 15) is 10.1 Å². The number of ether oxygens (including phenoxy) is 1. The number of non-ortho nitro benzene ring substituents is 1. The number of nitro groups is 1. The molecule has 0 aliphatic carbocycles. The van der Waals surface area contributed by atoms with Gasteiger partial charge in [0.25, 0.3) is 5.69 Å². The molecule has 6 nitrogen and oxygen atoms in total. The van der Waals surface area contributed by atoms with Crippen molar-refractivity contribution in [3.63, 3.8) is 0 Å². The number of amidine groups is 1. The van der Waals surface area contributed by atoms with E-state index in [0.717, 1.165) is 23.2 Å². The van der Waals surface area contributed by atoms with E-state index >= 15 is 0 Å². The van der Waals surface area contributed by atoms with E-state index in [1.807, 2.05) is 24.3 Å². The maximum atomic E-state index is 11.0. The molecule has 0 radical (unpaired) electrons. The number of halogens is 1. The molecule has 1 saturated heterocycles. The van der Waals surface area contributed by atoms with Crippen LogP contribution in [0.2, 0.25) is 5.02 Å². The Labute approximate surface area is 154 Å². The van der Waals surface area contributed by atoms with Crippen LogP contribution in [0.1, 0.15) is 0 Å². The number of hydrogen-bond acceptors (Lipinski definition) is 5. The molecular formula is C17H16ClN3O3S. The number of nitrogens with zero attached hydrogens (tertiary/aromatic N) is 3. The fourth-order valence-electron chi connectivity index (χ4n) is 2.31. The topological polar surface area (TPSA) is 68.0 Å². The highest BCUT2D eigenvalue weighted by molar-refractivity contribution is 8.13. The van der Waals surface area contributed by atoms with Crippen molar-refractivity contribution in [3.8, 4) is 0 Å². The summed E-state index contributed by atoms with van der Waals surface area (Å²) in [6.45, 7) is 2.73. The standard InChI is InChI=1S/C17H16ClN3O3S/c18-13-4-6-16(7-5-13)25-17(20-8-10-24-11-9-20)19-14-2-1-3-15(12-14)21(22)23/h1-7,12H,8-11H2. The lowest BCUT2D eigenvalue weighted by Crippen LogP contribution is -2.39. The molecule has 0 saturated carbocycles. The molecule has 0 aromatic heterocycles. The van der Waals surface area contributed by atoms with E-state index in [-0.39, 0.29) is 5.69 Å². The van der Waals surface area contributed by atoms with Crippen LogP contribution in [0, 0.1) is 10.1 Å². The summed E-state index contributed by atoms with van der Waals surface area (Å²) < 4.78 is 5.40. The van der Waals surface area contributed by atoms with Crippen molar-refractivity contribution in [2.75, 3.05) is 26.3 Å². The van der Waals surface area contributed by atoms with E-state index in [2.05, 4.69) is 9.89 Å². The number of aliphatic imine (C=N–C) groups is 1. The van der Waals surface area contributed by atoms with Gasteiger partial charge in [-0.05, 0) is 30.3 Å². The summed E-state index contributed by atoms with van der Waals surface area (Å²) in [5.74, 6) is 0. The Kier molecular flexibility index (Phi) is 5.91. The smallest absolute Gasteiger partial charge is 0.271 e. The van der Waals surface area contributed by atoms with Crippen LogP contribution in [0.25, 0.3) is 0 Å². The second kappa shape index (κ2) is 8.33. The lowest BCUT2D eigenvalue weighted by molar-refractivity contribution is -0.384. The van der Waals surface area contributed by atoms with Gasteiger partial charge in [0.05, 0.1) is 23.8 Å². The minimum atomic E-state index is -0.417. The Morgan fingerprint density at radius 3 is 2.60 bits per heavy atom. The number of thioether (sulfide) groups is 1. The third kappa shape index (κ3) is 4.94. The molecule has 1 fully saturated rings. The summed E-state index contributed by atoms with van der Waals surface area (Å²) in [6.07, 6.45) is 0. The SMILES string of the molecule is O=[N+]([O-])c1cccc(N=C(Sc2ccc(Cl)cc2)N2CCOCC2)c1. The zero-order valence-electron chi connectivity index (χ0n) is 13.3. The number of nitro benzene ring substituents is 1. The van der Waals surface area contributed by atoms with Gasteiger partial charge in [-0.15, -0.1) is 0 Å². The van der Waals surface area contributed by atoms with Gasteiger partial charge in [0, 0.05) is 35.1 Å². The van der Waals surface area contributed by atoms with Gasteiger partial charge in [-0.1, -0.05) is 29.4 Å². The molecule has 130 valence electrons. The molecular weight excluding hydrogens is 362 g/mol. The molecule has 3 rings (SSSR count). The molecule has 2 aromatic carbocycles. The van der Waals surface area contributed by atoms with Gasteiger partial charge in [0.1, 0.15) is 0 Å². The average Bonchev–Trinajstić information content (AvgIpc) is 2.64. The number of morpholine rings is 1. The third-order valence-electron chi connectivity index (χ3n) is 3.57. The minimum Gasteiger partial charge on any atom is -0.378 e. The van der Waals surface area contributed by atoms with Gasteiger partial charge in [-0.3, -0.25) is 10.1 Å². The number of rotatable bonds is 3. The Morgan fingerprint density at radius 1 is 1.20 bits per heavy atom. The van der Waals surface area contributed by atoms with E-state index in [4.69, 9.17) is 16.3 Å². The Hall–Kier alpha value is -2.09. The third-order valence-corrected chi connectivity index (χ3v) is 4.86. The van der Waals surface area contributed by atoms with Crippen LogP contribution >= 0.6 is 23.4 Å². The predicted octanol–water partition coefficient (Wildman–Crippen LogP) is 4.36. The van der Waals surface area contributed by atoms with Crippen molar-refractivity contribution < 1.29 is 9.66 Å². The average molecular weight is 378 g/mol. The van der Waals surface area contributed by atoms with Crippen LogP contribution in [0.4, 0.5) is 11.4 Å². The molecule has 0 atom stereocenters. The van der Waals surface area contributed by atoms with Crippen LogP contribution in [-0.4, -0.2) is 41.3 Å². The molecule has 0 unspecified atom stereocenters. The van der Waals surface area contributed by atoms with Gasteiger partial charge in [-0.2, -0.15) is 0 Å². The lowest BCUT2D eigenvalue weighted by atomic mass is 10.3. The quantitative estimate of drug-likeness (QED) is 0.261. The van der Waals surface area contributed by atoms with Gasteiger partial charge in [-0.25, -0.2) is 4.99 Å². The zero-order chi connectivity index (χ0) is 17.6. The zero-order valence-corrected chi connectivity index (χ0v) is 14.9. The lowest BCUT2D eigenvalue weighted by Gasteiger charge is -2.29. The molecule has 0 N–H and O–H groups in total. The predicted molar refractivity (Wildman–Crippen MR) is 99.9 cm³/mol. The van der Waals surface area contributed by atoms with Crippen LogP contribution in [-0.2, 0) is 4.74 Å². The second-order valence-corrected chi connectivity index (χ2v) is 6.80. The first-order valence-electron chi connectivity index (χ1n) is 7.71. The monoisotopic (exact) mass is 377 g/mol. The highest BCUT2D eigenvalue weighted by Gasteiger charge is 2.17. The first kappa shape index (κ1) is 17.7. The van der Waals surface area contributed by atoms with Gasteiger partial charge < -0.3 is 9.64 Å². The molecule has 1 aliphatic heterocycles. The van der Waals surface area contributed by atoms with Crippen molar-refractivity contribution in [2.24, 2.45) is 4.99 Å². The second-order valence-electron chi connectivity index (χ2n) is 5.33. The Balaban J connectivity index is 1.90. The summed E-state index contributed by atoms with van der Waals surface area (Å²) >= 11 is 7.45. The first-order valence-corrected chi connectivity index (χ1v) is 8.90. The Bertz CT molecular complexity index is 777. The molecule has 2 aromatic rings. The minimum absolute atomic E-state index is 0.0269. The van der Waals surface area contributed by atoms with Crippen LogP contribution in [0.3, 0.4) is 0 Å². The summed E-state index contributed by atoms with van der Waals surface area (Å²) in [6, 6.07) is 13.8. The van der Waals surface area contributed by atoms with Gasteiger partial charge in [0.2, 0.25) is 0 Å². The van der Waals surface area contributed by atoms with Crippen LogP contribution in [0.5, 0.6) is 0 Å². The molecule has 1 aliphatic rings. The van der Waals surface area contributed by atoms with Crippen molar-refractivity contribution >= 4 is 39.9 Å². The van der Waals surface area contributed by atoms with Crippen LogP contribution < -0.4 is 0 Å². The van der Waals surface area contributed by atoms with Crippen molar-refractivity contribution in [1.29, 1.82) is 0 Å². The summed E-state index contributed by atoms with van der Waals surface area (Å²) in [5, 5.41) is 12.4. The molecule has 0 amide bonds. The van der Waals surface area contributed by atoms with Gasteiger partial charge in [0.15, 0.2) is 5.17 Å².